The number of aliphatic carboxylic acids is 2. The minimum absolute atomic E-state index is 0.0607. The van der Waals surface area contributed by atoms with Gasteiger partial charge in [0.2, 0.25) is 11.7 Å². The van der Waals surface area contributed by atoms with Crippen LogP contribution in [0.4, 0.5) is 0 Å². The molecule has 236 valence electrons. The van der Waals surface area contributed by atoms with E-state index in [1.165, 1.54) is 12.5 Å². The number of hydrogen-bond acceptors (Lipinski definition) is 9. The second kappa shape index (κ2) is 12.2. The molecule has 3 saturated carbocycles. The quantitative estimate of drug-likeness (QED) is 0.294. The van der Waals surface area contributed by atoms with Crippen molar-refractivity contribution in [1.29, 1.82) is 0 Å². The highest BCUT2D eigenvalue weighted by Crippen LogP contribution is 2.68. The number of carbonyl (C=O) groups excluding carboxylic acids is 5. The molecule has 0 bridgehead atoms. The lowest BCUT2D eigenvalue weighted by molar-refractivity contribution is -0.191. The fourth-order valence-corrected chi connectivity index (χ4v) is 8.68. The summed E-state index contributed by atoms with van der Waals surface area (Å²) in [4.78, 5) is 84.8. The molecule has 0 aromatic carbocycles. The van der Waals surface area contributed by atoms with E-state index in [0.717, 1.165) is 25.7 Å². The Morgan fingerprint density at radius 1 is 0.977 bits per heavy atom. The van der Waals surface area contributed by atoms with Gasteiger partial charge in [-0.25, -0.2) is 4.79 Å². The zero-order valence-electron chi connectivity index (χ0n) is 24.9. The molecule has 3 fully saturated rings. The predicted octanol–water partition coefficient (Wildman–Crippen LogP) is 2.76. The van der Waals surface area contributed by atoms with Crippen LogP contribution in [0.2, 0.25) is 0 Å². The summed E-state index contributed by atoms with van der Waals surface area (Å²) in [6, 6.07) is -1.65. The first-order chi connectivity index (χ1) is 20.1. The largest absolute Gasteiger partial charge is 0.481 e. The van der Waals surface area contributed by atoms with Crippen molar-refractivity contribution in [2.24, 2.45) is 28.6 Å². The molecule has 0 spiro atoms. The summed E-state index contributed by atoms with van der Waals surface area (Å²) in [6.45, 7) is 4.88. The highest BCUT2D eigenvalue weighted by atomic mass is 16.6. The lowest BCUT2D eigenvalue weighted by Crippen LogP contribution is -2.59. The second-order valence-corrected chi connectivity index (χ2v) is 13.0. The Hall–Kier alpha value is -3.57. The third-order valence-electron chi connectivity index (χ3n) is 10.8. The van der Waals surface area contributed by atoms with Crippen LogP contribution in [0.5, 0.6) is 0 Å². The molecule has 12 heteroatoms. The first-order valence-corrected chi connectivity index (χ1v) is 15.0. The summed E-state index contributed by atoms with van der Waals surface area (Å²) in [5.74, 6) is -4.80. The number of esters is 2. The smallest absolute Gasteiger partial charge is 0.326 e. The molecule has 0 aliphatic heterocycles. The highest BCUT2D eigenvalue weighted by molar-refractivity contribution is 5.94. The zero-order chi connectivity index (χ0) is 31.7. The van der Waals surface area contributed by atoms with Gasteiger partial charge in [-0.3, -0.25) is 28.8 Å². The van der Waals surface area contributed by atoms with Crippen LogP contribution in [-0.2, 0) is 43.0 Å². The number of rotatable bonds is 11. The third kappa shape index (κ3) is 6.10. The number of amides is 1. The Balaban J connectivity index is 1.42. The monoisotopic (exact) mass is 603 g/mol. The summed E-state index contributed by atoms with van der Waals surface area (Å²) in [6.07, 6.45) is 5.65. The number of ether oxygens (including phenoxy) is 2. The number of hydrogen-bond donors (Lipinski definition) is 3. The van der Waals surface area contributed by atoms with Crippen LogP contribution in [0, 0.1) is 28.6 Å². The van der Waals surface area contributed by atoms with Crippen LogP contribution < -0.4 is 5.32 Å². The molecule has 0 saturated heterocycles. The van der Waals surface area contributed by atoms with Crippen LogP contribution in [0.1, 0.15) is 91.4 Å². The molecular formula is C31H41NO11. The zero-order valence-corrected chi connectivity index (χ0v) is 24.9. The normalized spacial score (nSPS) is 33.5. The molecule has 3 N–H and O–H groups in total. The highest BCUT2D eigenvalue weighted by Gasteiger charge is 2.68. The standard InChI is InChI=1S/C31H41NO11/c1-17(33)43-31(24(35)16-42-27(39)7-6-25(36)32-23(28(40)41)15-26(37)38)13-10-22-20-5-4-18-14-19(34)8-11-29(18,2)21(20)9-12-30(22,31)3/h14,20-23H,4-13,15-16H2,1-3H3,(H,32,36)(H,37,38)(H,40,41)/t20-,21+,22+,23?,29+,30+,31+/m1/s1. The molecule has 0 aromatic heterocycles. The molecule has 4 aliphatic rings. The minimum atomic E-state index is -1.65. The van der Waals surface area contributed by atoms with Gasteiger partial charge in [0, 0.05) is 25.2 Å². The number of ketones is 2. The van der Waals surface area contributed by atoms with E-state index in [4.69, 9.17) is 19.7 Å². The second-order valence-electron chi connectivity index (χ2n) is 13.0. The number of Topliss-reactive ketones (excluding diaryl/α,β-unsaturated/α-hetero) is 1. The van der Waals surface area contributed by atoms with Gasteiger partial charge in [-0.2, -0.15) is 0 Å². The third-order valence-corrected chi connectivity index (χ3v) is 10.8. The summed E-state index contributed by atoms with van der Waals surface area (Å²) in [5, 5.41) is 19.9. The molecule has 0 aromatic rings. The Morgan fingerprint density at radius 2 is 1.67 bits per heavy atom. The molecular weight excluding hydrogens is 562 g/mol. The summed E-state index contributed by atoms with van der Waals surface area (Å²) in [5.41, 5.74) is -0.956. The van der Waals surface area contributed by atoms with Gasteiger partial charge in [-0.05, 0) is 74.2 Å². The van der Waals surface area contributed by atoms with E-state index in [9.17, 15) is 33.6 Å². The Morgan fingerprint density at radius 3 is 2.33 bits per heavy atom. The van der Waals surface area contributed by atoms with Gasteiger partial charge in [0.25, 0.3) is 0 Å². The molecule has 1 unspecified atom stereocenters. The van der Waals surface area contributed by atoms with E-state index >= 15 is 0 Å². The van der Waals surface area contributed by atoms with E-state index in [2.05, 4.69) is 6.92 Å². The van der Waals surface area contributed by atoms with Gasteiger partial charge >= 0.3 is 23.9 Å². The van der Waals surface area contributed by atoms with Crippen LogP contribution >= 0.6 is 0 Å². The minimum Gasteiger partial charge on any atom is -0.481 e. The Labute approximate surface area is 249 Å². The fourth-order valence-electron chi connectivity index (χ4n) is 8.68. The SMILES string of the molecule is CC(=O)O[C@]1(C(=O)COC(=O)CCC(=O)NC(CC(=O)O)C(=O)O)CC[C@H]2[C@@H]3CCC4=CC(=O)CC[C@]4(C)[C@H]3CC[C@@]21C. The van der Waals surface area contributed by atoms with Gasteiger partial charge in [0.1, 0.15) is 6.04 Å². The van der Waals surface area contributed by atoms with Crippen LogP contribution in [0.25, 0.3) is 0 Å². The number of carboxylic acid groups (broad SMARTS) is 2. The fraction of sp³-hybridized carbons (Fsp3) is 0.710. The van der Waals surface area contributed by atoms with Crippen LogP contribution in [0.15, 0.2) is 11.6 Å². The van der Waals surface area contributed by atoms with Gasteiger partial charge in [0.15, 0.2) is 18.0 Å². The van der Waals surface area contributed by atoms with Gasteiger partial charge < -0.3 is 25.0 Å². The lowest BCUT2D eigenvalue weighted by Gasteiger charge is -2.59. The van der Waals surface area contributed by atoms with E-state index < -0.39 is 78.5 Å². The number of carboxylic acids is 2. The first kappa shape index (κ1) is 32.3. The van der Waals surface area contributed by atoms with E-state index in [0.29, 0.717) is 37.5 Å². The van der Waals surface area contributed by atoms with Gasteiger partial charge in [-0.15, -0.1) is 0 Å². The van der Waals surface area contributed by atoms with Crippen molar-refractivity contribution < 1.29 is 53.2 Å². The van der Waals surface area contributed by atoms with Crippen molar-refractivity contribution in [1.82, 2.24) is 5.32 Å². The topological polar surface area (TPSA) is 190 Å². The molecule has 4 aliphatic carbocycles. The number of carbonyl (C=O) groups is 7. The van der Waals surface area contributed by atoms with Gasteiger partial charge in [-0.1, -0.05) is 19.4 Å². The molecule has 1 amide bonds. The lowest BCUT2D eigenvalue weighted by atomic mass is 9.46. The molecule has 7 atom stereocenters. The molecule has 43 heavy (non-hydrogen) atoms. The summed E-state index contributed by atoms with van der Waals surface area (Å²) < 4.78 is 11.1. The van der Waals surface area contributed by atoms with Crippen molar-refractivity contribution in [2.75, 3.05) is 6.61 Å². The predicted molar refractivity (Wildman–Crippen MR) is 148 cm³/mol. The molecule has 0 heterocycles. The van der Waals surface area contributed by atoms with E-state index in [1.807, 2.05) is 18.3 Å². The van der Waals surface area contributed by atoms with Crippen molar-refractivity contribution in [2.45, 2.75) is 103 Å². The average Bonchev–Trinajstić information content (AvgIpc) is 3.22. The summed E-state index contributed by atoms with van der Waals surface area (Å²) in [7, 11) is 0. The number of fused-ring (bicyclic) bond motifs is 5. The maximum Gasteiger partial charge on any atom is 0.326 e. The van der Waals surface area contributed by atoms with Crippen molar-refractivity contribution in [3.63, 3.8) is 0 Å². The first-order valence-electron chi connectivity index (χ1n) is 15.0. The maximum atomic E-state index is 13.8. The van der Waals surface area contributed by atoms with Crippen LogP contribution in [-0.4, -0.2) is 69.8 Å². The summed E-state index contributed by atoms with van der Waals surface area (Å²) >= 11 is 0. The maximum absolute atomic E-state index is 13.8. The van der Waals surface area contributed by atoms with E-state index in [1.54, 1.807) is 0 Å². The Kier molecular flexibility index (Phi) is 9.18. The average molecular weight is 604 g/mol. The molecule has 12 nitrogen and oxygen atoms in total. The van der Waals surface area contributed by atoms with E-state index in [-0.39, 0.29) is 17.1 Å². The van der Waals surface area contributed by atoms with Crippen LogP contribution in [0.3, 0.4) is 0 Å². The van der Waals surface area contributed by atoms with Crippen molar-refractivity contribution in [3.05, 3.63) is 11.6 Å². The number of allylic oxidation sites excluding steroid dienone is 1. The van der Waals surface area contributed by atoms with Gasteiger partial charge in [0.05, 0.1) is 12.8 Å². The number of nitrogens with one attached hydrogen (secondary N) is 1. The molecule has 4 rings (SSSR count). The Bertz CT molecular complexity index is 1260. The molecule has 0 radical (unpaired) electrons. The van der Waals surface area contributed by atoms with Crippen molar-refractivity contribution in [3.8, 4) is 0 Å². The van der Waals surface area contributed by atoms with Crippen molar-refractivity contribution >= 4 is 41.4 Å².